The Bertz CT molecular complexity index is 1740. The number of halogens is 2. The van der Waals surface area contributed by atoms with Gasteiger partial charge in [0.1, 0.15) is 10.6 Å². The number of anilines is 1. The minimum absolute atomic E-state index is 0.0738. The SMILES string of the molecule is CC(F)(F)c1cccc(CNc2nnc(-c3cncc(S(N)(=O)=O)c3)c3cccc(-c4ccccc4)c23)c1. The molecule has 0 aliphatic rings. The maximum atomic E-state index is 13.9. The summed E-state index contributed by atoms with van der Waals surface area (Å²) >= 11 is 0. The number of hydrogen-bond acceptors (Lipinski definition) is 6. The molecule has 0 aliphatic carbocycles. The molecule has 5 rings (SSSR count). The highest BCUT2D eigenvalue weighted by atomic mass is 32.2. The minimum atomic E-state index is -3.98. The third-order valence-electron chi connectivity index (χ3n) is 6.10. The Morgan fingerprint density at radius 3 is 2.39 bits per heavy atom. The van der Waals surface area contributed by atoms with E-state index in [0.717, 1.165) is 23.4 Å². The van der Waals surface area contributed by atoms with Gasteiger partial charge in [-0.15, -0.1) is 10.2 Å². The van der Waals surface area contributed by atoms with E-state index in [0.29, 0.717) is 28.0 Å². The van der Waals surface area contributed by atoms with Crippen molar-refractivity contribution in [1.29, 1.82) is 0 Å². The first kappa shape index (κ1) is 25.4. The normalized spacial score (nSPS) is 12.0. The van der Waals surface area contributed by atoms with Gasteiger partial charge < -0.3 is 5.32 Å². The Balaban J connectivity index is 1.65. The lowest BCUT2D eigenvalue weighted by atomic mass is 9.96. The number of aromatic nitrogens is 3. The summed E-state index contributed by atoms with van der Waals surface area (Å²) in [6, 6.07) is 23.0. The highest BCUT2D eigenvalue weighted by Gasteiger charge is 2.24. The van der Waals surface area contributed by atoms with Gasteiger partial charge in [0.15, 0.2) is 5.82 Å². The summed E-state index contributed by atoms with van der Waals surface area (Å²) in [4.78, 5) is 3.90. The quantitative estimate of drug-likeness (QED) is 0.278. The van der Waals surface area contributed by atoms with Crippen LogP contribution in [0, 0.1) is 0 Å². The van der Waals surface area contributed by atoms with Gasteiger partial charge in [-0.2, -0.15) is 0 Å². The molecule has 3 N–H and O–H groups in total. The lowest BCUT2D eigenvalue weighted by Gasteiger charge is -2.16. The number of benzene rings is 3. The summed E-state index contributed by atoms with van der Waals surface area (Å²) < 4.78 is 51.6. The van der Waals surface area contributed by atoms with Crippen molar-refractivity contribution in [3.8, 4) is 22.4 Å². The monoisotopic (exact) mass is 531 g/mol. The number of rotatable bonds is 7. The van der Waals surface area contributed by atoms with Crippen molar-refractivity contribution in [3.05, 3.63) is 102 Å². The summed E-state index contributed by atoms with van der Waals surface area (Å²) in [6.45, 7) is 1.10. The van der Waals surface area contributed by atoms with Gasteiger partial charge in [0, 0.05) is 47.8 Å². The van der Waals surface area contributed by atoms with E-state index in [1.807, 2.05) is 48.5 Å². The molecule has 0 amide bonds. The van der Waals surface area contributed by atoms with Gasteiger partial charge in [-0.05, 0) is 28.8 Å². The third-order valence-corrected chi connectivity index (χ3v) is 6.98. The molecule has 7 nitrogen and oxygen atoms in total. The summed E-state index contributed by atoms with van der Waals surface area (Å²) in [5, 5.41) is 18.8. The lowest BCUT2D eigenvalue weighted by molar-refractivity contribution is 0.0174. The maximum absolute atomic E-state index is 13.9. The second kappa shape index (κ2) is 9.88. The average molecular weight is 532 g/mol. The largest absolute Gasteiger partial charge is 0.364 e. The Labute approximate surface area is 218 Å². The average Bonchev–Trinajstić information content (AvgIpc) is 2.91. The van der Waals surface area contributed by atoms with Gasteiger partial charge >= 0.3 is 0 Å². The Morgan fingerprint density at radius 1 is 0.895 bits per heavy atom. The lowest BCUT2D eigenvalue weighted by Crippen LogP contribution is -2.12. The van der Waals surface area contributed by atoms with Crippen molar-refractivity contribution in [1.82, 2.24) is 15.2 Å². The molecule has 0 spiro atoms. The van der Waals surface area contributed by atoms with Gasteiger partial charge in [0.05, 0.1) is 0 Å². The van der Waals surface area contributed by atoms with Crippen LogP contribution in [-0.2, 0) is 22.5 Å². The zero-order valence-electron chi connectivity index (χ0n) is 20.3. The molecule has 0 unspecified atom stereocenters. The van der Waals surface area contributed by atoms with Crippen molar-refractivity contribution >= 4 is 26.6 Å². The predicted molar refractivity (Wildman–Crippen MR) is 143 cm³/mol. The molecule has 5 aromatic rings. The molecule has 192 valence electrons. The first-order valence-corrected chi connectivity index (χ1v) is 13.2. The molecule has 0 bridgehead atoms. The zero-order chi connectivity index (χ0) is 26.9. The number of pyridine rings is 1. The van der Waals surface area contributed by atoms with E-state index in [1.54, 1.807) is 12.1 Å². The standard InChI is InChI=1S/C28H23F2N5O2S/c1-28(29,30)21-10-5-7-18(13-21)15-33-27-25-23(19-8-3-2-4-9-19)11-6-12-24(25)26(34-35-27)20-14-22(17-32-16-20)38(31,36)37/h2-14,16-17H,15H2,1H3,(H,33,35)(H2,31,36,37). The zero-order valence-corrected chi connectivity index (χ0v) is 21.1. The first-order valence-electron chi connectivity index (χ1n) is 11.7. The number of hydrogen-bond donors (Lipinski definition) is 2. The molecule has 0 aliphatic heterocycles. The number of sulfonamides is 1. The fourth-order valence-corrected chi connectivity index (χ4v) is 4.75. The topological polar surface area (TPSA) is 111 Å². The van der Waals surface area contributed by atoms with Crippen LogP contribution in [0.25, 0.3) is 33.2 Å². The van der Waals surface area contributed by atoms with E-state index < -0.39 is 15.9 Å². The van der Waals surface area contributed by atoms with Crippen molar-refractivity contribution in [2.24, 2.45) is 5.14 Å². The fourth-order valence-electron chi connectivity index (χ4n) is 4.25. The number of nitrogens with two attached hydrogens (primary N) is 1. The van der Waals surface area contributed by atoms with Crippen LogP contribution in [0.3, 0.4) is 0 Å². The van der Waals surface area contributed by atoms with Crippen LogP contribution in [0.15, 0.2) is 96.2 Å². The van der Waals surface area contributed by atoms with Gasteiger partial charge in [-0.1, -0.05) is 66.7 Å². The van der Waals surface area contributed by atoms with E-state index in [1.165, 1.54) is 30.6 Å². The molecule has 0 radical (unpaired) electrons. The van der Waals surface area contributed by atoms with E-state index in [9.17, 15) is 17.2 Å². The molecule has 10 heteroatoms. The van der Waals surface area contributed by atoms with E-state index in [-0.39, 0.29) is 17.0 Å². The second-order valence-electron chi connectivity index (χ2n) is 8.89. The van der Waals surface area contributed by atoms with Gasteiger partial charge in [-0.25, -0.2) is 22.3 Å². The number of alkyl halides is 2. The van der Waals surface area contributed by atoms with Gasteiger partial charge in [-0.3, -0.25) is 4.98 Å². The van der Waals surface area contributed by atoms with Crippen molar-refractivity contribution in [2.75, 3.05) is 5.32 Å². The highest BCUT2D eigenvalue weighted by Crippen LogP contribution is 2.37. The van der Waals surface area contributed by atoms with Crippen LogP contribution in [0.5, 0.6) is 0 Å². The van der Waals surface area contributed by atoms with Crippen LogP contribution in [0.4, 0.5) is 14.6 Å². The van der Waals surface area contributed by atoms with E-state index in [4.69, 9.17) is 5.14 Å². The Kier molecular flexibility index (Phi) is 6.60. The predicted octanol–water partition coefficient (Wildman–Crippen LogP) is 5.73. The van der Waals surface area contributed by atoms with E-state index >= 15 is 0 Å². The van der Waals surface area contributed by atoms with Crippen LogP contribution >= 0.6 is 0 Å². The van der Waals surface area contributed by atoms with Crippen molar-refractivity contribution < 1.29 is 17.2 Å². The molecule has 38 heavy (non-hydrogen) atoms. The van der Waals surface area contributed by atoms with Crippen LogP contribution in [0.1, 0.15) is 18.1 Å². The number of nitrogens with one attached hydrogen (secondary N) is 1. The molecular formula is C28H23F2N5O2S. The molecule has 2 heterocycles. The summed E-state index contributed by atoms with van der Waals surface area (Å²) in [7, 11) is -3.98. The number of primary sulfonamides is 1. The molecule has 0 fully saturated rings. The smallest absolute Gasteiger partial charge is 0.270 e. The van der Waals surface area contributed by atoms with Gasteiger partial charge in [0.2, 0.25) is 10.0 Å². The first-order chi connectivity index (χ1) is 18.1. The molecule has 0 saturated heterocycles. The summed E-state index contributed by atoms with van der Waals surface area (Å²) in [5.74, 6) is -2.50. The van der Waals surface area contributed by atoms with E-state index in [2.05, 4.69) is 20.5 Å². The third kappa shape index (κ3) is 5.22. The molecule has 0 atom stereocenters. The molecule has 2 aromatic heterocycles. The van der Waals surface area contributed by atoms with Crippen molar-refractivity contribution in [2.45, 2.75) is 24.3 Å². The van der Waals surface area contributed by atoms with Crippen molar-refractivity contribution in [3.63, 3.8) is 0 Å². The summed E-state index contributed by atoms with van der Waals surface area (Å²) in [5.41, 5.74) is 3.24. The highest BCUT2D eigenvalue weighted by molar-refractivity contribution is 7.89. The second-order valence-corrected chi connectivity index (χ2v) is 10.4. The number of nitrogens with zero attached hydrogens (tertiary/aromatic N) is 3. The molecule has 0 saturated carbocycles. The number of fused-ring (bicyclic) bond motifs is 1. The van der Waals surface area contributed by atoms with Crippen LogP contribution < -0.4 is 10.5 Å². The van der Waals surface area contributed by atoms with Gasteiger partial charge in [0.25, 0.3) is 5.92 Å². The van der Waals surface area contributed by atoms with Crippen LogP contribution in [0.2, 0.25) is 0 Å². The molecule has 3 aromatic carbocycles. The minimum Gasteiger partial charge on any atom is -0.364 e. The van der Waals surface area contributed by atoms with Crippen LogP contribution in [-0.4, -0.2) is 23.6 Å². The Hall–Kier alpha value is -4.28. The summed E-state index contributed by atoms with van der Waals surface area (Å²) in [6.07, 6.45) is 2.67. The fraction of sp³-hybridized carbons (Fsp3) is 0.107. The Morgan fingerprint density at radius 2 is 1.66 bits per heavy atom. The maximum Gasteiger partial charge on any atom is 0.270 e. The molecular weight excluding hydrogens is 508 g/mol.